The third-order valence-electron chi connectivity index (χ3n) is 5.40. The number of carbonyl (C=O) groups is 2. The molecule has 0 spiro atoms. The lowest BCUT2D eigenvalue weighted by Gasteiger charge is -2.27. The fraction of sp³-hybridized carbons (Fsp3) is 0.391. The Balaban J connectivity index is 1.75. The van der Waals surface area contributed by atoms with Crippen LogP contribution in [0.4, 0.5) is 4.79 Å². The molecule has 148 valence electrons. The topological polar surface area (TPSA) is 66.8 Å². The highest BCUT2D eigenvalue weighted by Crippen LogP contribution is 2.44. The molecule has 0 bridgehead atoms. The molecule has 1 aliphatic rings. The summed E-state index contributed by atoms with van der Waals surface area (Å²) < 4.78 is 5.63. The maximum Gasteiger partial charge on any atom is 0.410 e. The summed E-state index contributed by atoms with van der Waals surface area (Å²) >= 11 is 0. The number of hydrogen-bond acceptors (Lipinski definition) is 3. The molecule has 1 unspecified atom stereocenters. The van der Waals surface area contributed by atoms with Crippen molar-refractivity contribution < 1.29 is 19.4 Å². The number of carboxylic acid groups (broad SMARTS) is 1. The third-order valence-corrected chi connectivity index (χ3v) is 5.40. The second kappa shape index (κ2) is 8.91. The van der Waals surface area contributed by atoms with Gasteiger partial charge in [-0.15, -0.1) is 0 Å². The molecule has 0 fully saturated rings. The Hall–Kier alpha value is -2.82. The molecule has 1 amide bonds. The van der Waals surface area contributed by atoms with E-state index in [9.17, 15) is 14.7 Å². The molecule has 0 aromatic heterocycles. The summed E-state index contributed by atoms with van der Waals surface area (Å²) in [6, 6.07) is 15.4. The fourth-order valence-corrected chi connectivity index (χ4v) is 3.96. The number of fused-ring (bicyclic) bond motifs is 3. The van der Waals surface area contributed by atoms with Gasteiger partial charge in [-0.3, -0.25) is 4.90 Å². The normalized spacial score (nSPS) is 13.5. The minimum Gasteiger partial charge on any atom is -0.480 e. The molecule has 0 heterocycles. The number of nitrogens with zero attached hydrogens (tertiary/aromatic N) is 1. The Labute approximate surface area is 165 Å². The van der Waals surface area contributed by atoms with Crippen molar-refractivity contribution in [3.05, 3.63) is 59.7 Å². The van der Waals surface area contributed by atoms with Crippen LogP contribution in [0.2, 0.25) is 0 Å². The van der Waals surface area contributed by atoms with E-state index in [1.807, 2.05) is 31.2 Å². The minimum absolute atomic E-state index is 0.0334. The van der Waals surface area contributed by atoms with Crippen molar-refractivity contribution in [2.75, 3.05) is 13.2 Å². The van der Waals surface area contributed by atoms with Crippen molar-refractivity contribution in [3.63, 3.8) is 0 Å². The van der Waals surface area contributed by atoms with E-state index in [0.29, 0.717) is 13.0 Å². The monoisotopic (exact) mass is 381 g/mol. The Kier molecular flexibility index (Phi) is 6.34. The first-order chi connectivity index (χ1) is 13.6. The molecule has 0 radical (unpaired) electrons. The van der Waals surface area contributed by atoms with Crippen molar-refractivity contribution in [2.24, 2.45) is 0 Å². The fourth-order valence-electron chi connectivity index (χ4n) is 3.96. The van der Waals surface area contributed by atoms with Gasteiger partial charge in [0.1, 0.15) is 12.6 Å². The van der Waals surface area contributed by atoms with Gasteiger partial charge in [0.25, 0.3) is 0 Å². The van der Waals surface area contributed by atoms with Gasteiger partial charge in [0, 0.05) is 12.5 Å². The molecular weight excluding hydrogens is 354 g/mol. The number of likely N-dealkylation sites (N-methyl/N-ethyl adjacent to an activating group) is 1. The molecule has 1 atom stereocenters. The van der Waals surface area contributed by atoms with Crippen molar-refractivity contribution in [1.29, 1.82) is 0 Å². The number of benzene rings is 2. The number of ether oxygens (including phenoxy) is 1. The summed E-state index contributed by atoms with van der Waals surface area (Å²) in [6.45, 7) is 4.28. The number of rotatable bonds is 8. The average Bonchev–Trinajstić information content (AvgIpc) is 3.03. The smallest absolute Gasteiger partial charge is 0.410 e. The molecule has 0 saturated heterocycles. The van der Waals surface area contributed by atoms with Crippen molar-refractivity contribution in [2.45, 2.75) is 45.1 Å². The second-order valence-corrected chi connectivity index (χ2v) is 7.09. The number of unbranched alkanes of at least 4 members (excludes halogenated alkanes) is 1. The molecule has 2 aromatic carbocycles. The first-order valence-corrected chi connectivity index (χ1v) is 9.92. The van der Waals surface area contributed by atoms with Crippen LogP contribution in [0.5, 0.6) is 0 Å². The third kappa shape index (κ3) is 3.88. The quantitative estimate of drug-likeness (QED) is 0.706. The zero-order valence-electron chi connectivity index (χ0n) is 16.4. The average molecular weight is 381 g/mol. The van der Waals surface area contributed by atoms with Crippen LogP contribution in [0, 0.1) is 0 Å². The van der Waals surface area contributed by atoms with E-state index in [4.69, 9.17) is 4.74 Å². The van der Waals surface area contributed by atoms with Crippen molar-refractivity contribution in [1.82, 2.24) is 4.90 Å². The van der Waals surface area contributed by atoms with E-state index in [0.717, 1.165) is 35.1 Å². The number of carbonyl (C=O) groups excluding carboxylic acids is 1. The van der Waals surface area contributed by atoms with Gasteiger partial charge < -0.3 is 9.84 Å². The Morgan fingerprint density at radius 3 is 2.11 bits per heavy atom. The van der Waals surface area contributed by atoms with Crippen molar-refractivity contribution >= 4 is 12.1 Å². The van der Waals surface area contributed by atoms with Crippen molar-refractivity contribution in [3.8, 4) is 11.1 Å². The lowest BCUT2D eigenvalue weighted by atomic mass is 9.98. The molecule has 0 saturated carbocycles. The maximum atomic E-state index is 12.7. The standard InChI is InChI=1S/C23H27NO4/c1-3-5-14-21(22(25)26)24(4-2)23(27)28-15-20-18-12-8-6-10-16(18)17-11-7-9-13-19(17)20/h6-13,20-21H,3-5,14-15H2,1-2H3,(H,25,26). The Morgan fingerprint density at radius 2 is 1.61 bits per heavy atom. The predicted octanol–water partition coefficient (Wildman–Crippen LogP) is 4.90. The number of amides is 1. The highest BCUT2D eigenvalue weighted by molar-refractivity contribution is 5.81. The minimum atomic E-state index is -0.983. The van der Waals surface area contributed by atoms with Gasteiger partial charge in [0.15, 0.2) is 0 Å². The number of carboxylic acids is 1. The van der Waals surface area contributed by atoms with Gasteiger partial charge >= 0.3 is 12.1 Å². The lowest BCUT2D eigenvalue weighted by molar-refractivity contribution is -0.143. The Bertz CT molecular complexity index is 803. The predicted molar refractivity (Wildman–Crippen MR) is 108 cm³/mol. The zero-order chi connectivity index (χ0) is 20.1. The number of hydrogen-bond donors (Lipinski definition) is 1. The maximum absolute atomic E-state index is 12.7. The summed E-state index contributed by atoms with van der Waals surface area (Å²) in [7, 11) is 0. The molecule has 0 aliphatic heterocycles. The SMILES string of the molecule is CCCCC(C(=O)O)N(CC)C(=O)OCC1c2ccccc2-c2ccccc21. The van der Waals surface area contributed by atoms with Gasteiger partial charge in [-0.05, 0) is 35.6 Å². The van der Waals surface area contributed by atoms with E-state index < -0.39 is 18.1 Å². The summed E-state index contributed by atoms with van der Waals surface area (Å²) in [6.07, 6.45) is 1.51. The van der Waals surface area contributed by atoms with Crippen LogP contribution in [0.25, 0.3) is 11.1 Å². The van der Waals surface area contributed by atoms with E-state index in [2.05, 4.69) is 24.3 Å². The number of aliphatic carboxylic acids is 1. The molecule has 1 N–H and O–H groups in total. The van der Waals surface area contributed by atoms with Gasteiger partial charge in [-0.25, -0.2) is 9.59 Å². The van der Waals surface area contributed by atoms with Gasteiger partial charge in [0.05, 0.1) is 0 Å². The van der Waals surface area contributed by atoms with Crippen LogP contribution in [0.1, 0.15) is 50.2 Å². The highest BCUT2D eigenvalue weighted by Gasteiger charge is 2.32. The molecule has 2 aromatic rings. The summed E-state index contributed by atoms with van der Waals surface area (Å²) in [5.41, 5.74) is 4.61. The summed E-state index contributed by atoms with van der Waals surface area (Å²) in [4.78, 5) is 25.7. The molecule has 28 heavy (non-hydrogen) atoms. The zero-order valence-corrected chi connectivity index (χ0v) is 16.4. The molecule has 5 heteroatoms. The summed E-state index contributed by atoms with van der Waals surface area (Å²) in [5, 5.41) is 9.54. The molecule has 1 aliphatic carbocycles. The Morgan fingerprint density at radius 1 is 1.04 bits per heavy atom. The van der Waals surface area contributed by atoms with E-state index in [-0.39, 0.29) is 12.5 Å². The highest BCUT2D eigenvalue weighted by atomic mass is 16.6. The van der Waals surface area contributed by atoms with Gasteiger partial charge in [0.2, 0.25) is 0 Å². The molecule has 3 rings (SSSR count). The van der Waals surface area contributed by atoms with Crippen LogP contribution in [0.3, 0.4) is 0 Å². The van der Waals surface area contributed by atoms with Gasteiger partial charge in [-0.1, -0.05) is 68.3 Å². The van der Waals surface area contributed by atoms with E-state index in [1.54, 1.807) is 6.92 Å². The van der Waals surface area contributed by atoms with Crippen LogP contribution >= 0.6 is 0 Å². The van der Waals surface area contributed by atoms with Crippen LogP contribution in [0.15, 0.2) is 48.5 Å². The van der Waals surface area contributed by atoms with Crippen LogP contribution in [-0.4, -0.2) is 41.3 Å². The van der Waals surface area contributed by atoms with Crippen LogP contribution < -0.4 is 0 Å². The first-order valence-electron chi connectivity index (χ1n) is 9.92. The van der Waals surface area contributed by atoms with E-state index >= 15 is 0 Å². The molecule has 5 nitrogen and oxygen atoms in total. The van der Waals surface area contributed by atoms with Crippen LogP contribution in [-0.2, 0) is 9.53 Å². The first kappa shape index (κ1) is 19.9. The summed E-state index contributed by atoms with van der Waals surface area (Å²) in [5.74, 6) is -1.02. The lowest BCUT2D eigenvalue weighted by Crippen LogP contribution is -2.45. The molecular formula is C23H27NO4. The van der Waals surface area contributed by atoms with Gasteiger partial charge in [-0.2, -0.15) is 0 Å². The van der Waals surface area contributed by atoms with E-state index in [1.165, 1.54) is 4.90 Å². The largest absolute Gasteiger partial charge is 0.480 e. The second-order valence-electron chi connectivity index (χ2n) is 7.09.